The number of nitrogens with zero attached hydrogens (tertiary/aromatic N) is 3. The molecule has 0 radical (unpaired) electrons. The van der Waals surface area contributed by atoms with Crippen LogP contribution < -0.4 is 5.32 Å². The molecule has 132 valence electrons. The number of likely N-dealkylation sites (tertiary alicyclic amines) is 1. The van der Waals surface area contributed by atoms with E-state index in [0.29, 0.717) is 22.9 Å². The summed E-state index contributed by atoms with van der Waals surface area (Å²) in [7, 11) is 0. The maximum Gasteiger partial charge on any atom is 0.344 e. The van der Waals surface area contributed by atoms with Crippen LogP contribution in [0.5, 0.6) is 0 Å². The highest BCUT2D eigenvalue weighted by Crippen LogP contribution is 2.38. The van der Waals surface area contributed by atoms with Gasteiger partial charge in [-0.15, -0.1) is 0 Å². The third kappa shape index (κ3) is 3.68. The lowest BCUT2D eigenvalue weighted by molar-refractivity contribution is 0.202. The van der Waals surface area contributed by atoms with Crippen molar-refractivity contribution in [1.29, 1.82) is 0 Å². The van der Waals surface area contributed by atoms with Crippen molar-refractivity contribution >= 4 is 29.2 Å². The van der Waals surface area contributed by atoms with Crippen LogP contribution >= 0.6 is 23.2 Å². The minimum Gasteiger partial charge on any atom is -0.322 e. The van der Waals surface area contributed by atoms with Gasteiger partial charge in [0.2, 0.25) is 0 Å². The summed E-state index contributed by atoms with van der Waals surface area (Å²) in [5.74, 6) is 1.13. The molecule has 1 aromatic heterocycles. The Kier molecular flexibility index (Phi) is 4.71. The van der Waals surface area contributed by atoms with E-state index in [9.17, 15) is 4.79 Å². The number of fused-ring (bicyclic) bond motifs is 1. The molecule has 7 heteroatoms. The molecular weight excluding hydrogens is 359 g/mol. The van der Waals surface area contributed by atoms with Crippen molar-refractivity contribution in [2.45, 2.75) is 25.4 Å². The van der Waals surface area contributed by atoms with E-state index in [2.05, 4.69) is 22.5 Å². The summed E-state index contributed by atoms with van der Waals surface area (Å²) in [5.41, 5.74) is 1.24. The molecule has 2 fully saturated rings. The molecule has 1 aliphatic heterocycles. The zero-order chi connectivity index (χ0) is 17.4. The second-order valence-electron chi connectivity index (χ2n) is 6.99. The minimum atomic E-state index is -0.0769. The highest BCUT2D eigenvalue weighted by molar-refractivity contribution is 6.30. The molecular formula is C18H20Cl2N4O. The second kappa shape index (κ2) is 6.98. The molecule has 4 rings (SSSR count). The van der Waals surface area contributed by atoms with Crippen LogP contribution in [0.3, 0.4) is 0 Å². The van der Waals surface area contributed by atoms with Gasteiger partial charge < -0.3 is 10.2 Å². The van der Waals surface area contributed by atoms with Crippen LogP contribution in [0.25, 0.3) is 0 Å². The van der Waals surface area contributed by atoms with Crippen molar-refractivity contribution in [3.63, 3.8) is 0 Å². The molecule has 2 aliphatic rings. The molecule has 2 aromatic rings. The van der Waals surface area contributed by atoms with Gasteiger partial charge in [0, 0.05) is 30.7 Å². The number of aromatic nitrogens is 2. The number of amides is 1. The predicted octanol–water partition coefficient (Wildman–Crippen LogP) is 3.66. The fraction of sp³-hybridized carbons (Fsp3) is 0.444. The number of carbonyl (C=O) groups is 1. The lowest BCUT2D eigenvalue weighted by Gasteiger charge is -2.19. The Balaban J connectivity index is 1.28. The van der Waals surface area contributed by atoms with Gasteiger partial charge in [0.1, 0.15) is 0 Å². The smallest absolute Gasteiger partial charge is 0.322 e. The van der Waals surface area contributed by atoms with Gasteiger partial charge in [-0.2, -0.15) is 9.78 Å². The van der Waals surface area contributed by atoms with Crippen LogP contribution in [0, 0.1) is 11.8 Å². The Labute approximate surface area is 156 Å². The maximum atomic E-state index is 12.5. The summed E-state index contributed by atoms with van der Waals surface area (Å²) in [6, 6.07) is 8.40. The van der Waals surface area contributed by atoms with Crippen LogP contribution in [0.4, 0.5) is 4.79 Å². The number of nitrogens with one attached hydrogen (secondary N) is 1. The molecule has 0 spiro atoms. The Morgan fingerprint density at radius 1 is 1.12 bits per heavy atom. The number of benzene rings is 1. The van der Waals surface area contributed by atoms with E-state index in [4.69, 9.17) is 23.2 Å². The Morgan fingerprint density at radius 2 is 1.80 bits per heavy atom. The molecule has 1 unspecified atom stereocenters. The first kappa shape index (κ1) is 16.9. The van der Waals surface area contributed by atoms with Crippen LogP contribution in [-0.4, -0.2) is 39.8 Å². The van der Waals surface area contributed by atoms with Crippen molar-refractivity contribution in [3.8, 4) is 0 Å². The van der Waals surface area contributed by atoms with E-state index < -0.39 is 0 Å². The first-order valence-corrected chi connectivity index (χ1v) is 9.31. The molecule has 1 saturated heterocycles. The highest BCUT2D eigenvalue weighted by atomic mass is 35.5. The second-order valence-corrected chi connectivity index (χ2v) is 7.86. The topological polar surface area (TPSA) is 50.2 Å². The monoisotopic (exact) mass is 378 g/mol. The minimum absolute atomic E-state index is 0.0769. The van der Waals surface area contributed by atoms with Crippen LogP contribution in [0.15, 0.2) is 36.7 Å². The largest absolute Gasteiger partial charge is 0.344 e. The fourth-order valence-electron chi connectivity index (χ4n) is 4.04. The summed E-state index contributed by atoms with van der Waals surface area (Å²) < 4.78 is 1.33. The summed E-state index contributed by atoms with van der Waals surface area (Å²) in [4.78, 5) is 14.3. The Morgan fingerprint density at radius 3 is 2.40 bits per heavy atom. The first-order chi connectivity index (χ1) is 12.1. The Hall–Kier alpha value is -1.56. The predicted molar refractivity (Wildman–Crippen MR) is 97.9 cm³/mol. The summed E-state index contributed by atoms with van der Waals surface area (Å²) in [5, 5.41) is 8.91. The van der Waals surface area contributed by atoms with Crippen molar-refractivity contribution in [3.05, 3.63) is 52.3 Å². The van der Waals surface area contributed by atoms with Crippen LogP contribution in [0.1, 0.15) is 18.4 Å². The molecule has 1 aliphatic carbocycles. The average molecular weight is 379 g/mol. The molecule has 1 N–H and O–H groups in total. The molecule has 2 heterocycles. The number of rotatable bonds is 3. The third-order valence-electron chi connectivity index (χ3n) is 5.28. The molecule has 5 nitrogen and oxygen atoms in total. The van der Waals surface area contributed by atoms with Gasteiger partial charge in [-0.3, -0.25) is 0 Å². The van der Waals surface area contributed by atoms with Gasteiger partial charge in [0.15, 0.2) is 0 Å². The van der Waals surface area contributed by atoms with E-state index in [1.807, 2.05) is 17.0 Å². The fourth-order valence-corrected chi connectivity index (χ4v) is 4.30. The molecule has 1 aromatic carbocycles. The summed E-state index contributed by atoms with van der Waals surface area (Å²) in [6.45, 7) is 2.47. The van der Waals surface area contributed by atoms with Crippen molar-refractivity contribution in [2.75, 3.05) is 13.1 Å². The summed E-state index contributed by atoms with van der Waals surface area (Å²) in [6.07, 6.45) is 5.28. The number of carbonyl (C=O) groups excluding carboxylic acids is 1. The van der Waals surface area contributed by atoms with E-state index in [1.54, 1.807) is 6.20 Å². The van der Waals surface area contributed by atoms with Gasteiger partial charge in [0.05, 0.1) is 17.4 Å². The van der Waals surface area contributed by atoms with Gasteiger partial charge in [0.25, 0.3) is 0 Å². The van der Waals surface area contributed by atoms with Gasteiger partial charge in [-0.05, 0) is 42.4 Å². The molecule has 3 atom stereocenters. The van der Waals surface area contributed by atoms with Crippen molar-refractivity contribution < 1.29 is 4.79 Å². The summed E-state index contributed by atoms with van der Waals surface area (Å²) >= 11 is 11.8. The number of halogens is 2. The van der Waals surface area contributed by atoms with E-state index >= 15 is 0 Å². The van der Waals surface area contributed by atoms with E-state index in [1.165, 1.54) is 16.4 Å². The standard InChI is InChI=1S/C18H20Cl2N4O/c19-15-3-1-12(2-4-15)7-21-17-5-13-9-23(10-14(13)6-17)18(25)24-11-16(20)8-22-24/h1-4,8,11,13-14,17,21H,5-7,9-10H2/t13-,14+,17?. The third-order valence-corrected chi connectivity index (χ3v) is 5.72. The van der Waals surface area contributed by atoms with Crippen molar-refractivity contribution in [2.24, 2.45) is 11.8 Å². The number of hydrogen-bond donors (Lipinski definition) is 1. The van der Waals surface area contributed by atoms with Crippen molar-refractivity contribution in [1.82, 2.24) is 20.0 Å². The zero-order valence-electron chi connectivity index (χ0n) is 13.7. The SMILES string of the molecule is O=C(N1C[C@H]2CC(NCc3ccc(Cl)cc3)C[C@H]2C1)n1cc(Cl)cn1. The maximum absolute atomic E-state index is 12.5. The van der Waals surface area contributed by atoms with Crippen LogP contribution in [-0.2, 0) is 6.54 Å². The van der Waals surface area contributed by atoms with E-state index in [-0.39, 0.29) is 6.03 Å². The lowest BCUT2D eigenvalue weighted by atomic mass is 10.0. The van der Waals surface area contributed by atoms with Crippen LogP contribution in [0.2, 0.25) is 10.0 Å². The quantitative estimate of drug-likeness (QED) is 0.886. The van der Waals surface area contributed by atoms with Gasteiger partial charge >= 0.3 is 6.03 Å². The molecule has 25 heavy (non-hydrogen) atoms. The van der Waals surface area contributed by atoms with Gasteiger partial charge in [-0.25, -0.2) is 4.79 Å². The lowest BCUT2D eigenvalue weighted by Crippen LogP contribution is -2.35. The average Bonchev–Trinajstić information content (AvgIpc) is 3.28. The molecule has 1 amide bonds. The van der Waals surface area contributed by atoms with E-state index in [0.717, 1.165) is 37.5 Å². The zero-order valence-corrected chi connectivity index (χ0v) is 15.2. The normalized spacial score (nSPS) is 25.4. The van der Waals surface area contributed by atoms with Gasteiger partial charge in [-0.1, -0.05) is 35.3 Å². The highest BCUT2D eigenvalue weighted by Gasteiger charge is 2.42. The Bertz CT molecular complexity index is 747. The number of hydrogen-bond acceptors (Lipinski definition) is 3. The molecule has 1 saturated carbocycles. The first-order valence-electron chi connectivity index (χ1n) is 8.56. The molecule has 0 bridgehead atoms.